The maximum Gasteiger partial charge on any atom is 0.242 e. The van der Waals surface area contributed by atoms with Gasteiger partial charge in [-0.1, -0.05) is 0 Å². The number of nitrogens with one attached hydrogen (secondary N) is 1. The Morgan fingerprint density at radius 3 is 2.53 bits per heavy atom. The van der Waals surface area contributed by atoms with Gasteiger partial charge in [-0.3, -0.25) is 4.79 Å². The lowest BCUT2D eigenvalue weighted by atomic mass is 10.2. The van der Waals surface area contributed by atoms with E-state index in [9.17, 15) is 13.2 Å². The maximum atomic E-state index is 12.3. The molecule has 1 amide bonds. The molecule has 0 radical (unpaired) electrons. The van der Waals surface area contributed by atoms with Crippen LogP contribution in [0.4, 0.5) is 5.69 Å². The zero-order valence-electron chi connectivity index (χ0n) is 11.3. The van der Waals surface area contributed by atoms with Crippen LogP contribution in [-0.2, 0) is 14.8 Å². The van der Waals surface area contributed by atoms with Crippen LogP contribution in [0.25, 0.3) is 0 Å². The van der Waals surface area contributed by atoms with Gasteiger partial charge in [-0.25, -0.2) is 12.7 Å². The number of amides is 1. The van der Waals surface area contributed by atoms with Crippen molar-refractivity contribution in [3.63, 3.8) is 0 Å². The summed E-state index contributed by atoms with van der Waals surface area (Å²) < 4.78 is 25.7. The van der Waals surface area contributed by atoms with E-state index in [4.69, 9.17) is 5.73 Å². The third-order valence-electron chi connectivity index (χ3n) is 2.71. The molecule has 0 aliphatic rings. The second-order valence-electron chi connectivity index (χ2n) is 4.33. The summed E-state index contributed by atoms with van der Waals surface area (Å²) >= 11 is 0. The Hall–Kier alpha value is -1.60. The highest BCUT2D eigenvalue weighted by Gasteiger charge is 2.21. The van der Waals surface area contributed by atoms with Gasteiger partial charge >= 0.3 is 0 Å². The number of sulfonamides is 1. The van der Waals surface area contributed by atoms with Gasteiger partial charge in [0.15, 0.2) is 0 Å². The number of nitrogens with two attached hydrogens (primary N) is 1. The monoisotopic (exact) mass is 285 g/mol. The zero-order valence-corrected chi connectivity index (χ0v) is 12.1. The molecular formula is C12H19N3O3S. The summed E-state index contributed by atoms with van der Waals surface area (Å²) in [5.41, 5.74) is 6.83. The number of carbonyl (C=O) groups is 1. The SMILES string of the molecule is CNC(=O)CCN(C)S(=O)(=O)c1cc(C)cc(N)c1. The molecule has 0 bridgehead atoms. The number of aryl methyl sites for hydroxylation is 1. The highest BCUT2D eigenvalue weighted by molar-refractivity contribution is 7.89. The standard InChI is InChI=1S/C12H19N3O3S/c1-9-6-10(13)8-11(7-9)19(17,18)15(3)5-4-12(16)14-2/h6-8H,4-5,13H2,1-3H3,(H,14,16). The number of nitrogen functional groups attached to an aromatic ring is 1. The van der Waals surface area contributed by atoms with Gasteiger partial charge in [-0.2, -0.15) is 0 Å². The lowest BCUT2D eigenvalue weighted by Gasteiger charge is -2.17. The second-order valence-corrected chi connectivity index (χ2v) is 6.37. The van der Waals surface area contributed by atoms with Crippen molar-refractivity contribution in [2.24, 2.45) is 0 Å². The molecule has 0 atom stereocenters. The molecule has 0 saturated heterocycles. The number of benzene rings is 1. The van der Waals surface area contributed by atoms with Crippen molar-refractivity contribution in [2.45, 2.75) is 18.2 Å². The Morgan fingerprint density at radius 1 is 1.37 bits per heavy atom. The van der Waals surface area contributed by atoms with Gasteiger partial charge < -0.3 is 11.1 Å². The third-order valence-corrected chi connectivity index (χ3v) is 4.55. The van der Waals surface area contributed by atoms with Crippen LogP contribution in [0.5, 0.6) is 0 Å². The predicted molar refractivity (Wildman–Crippen MR) is 74.1 cm³/mol. The summed E-state index contributed by atoms with van der Waals surface area (Å²) in [7, 11) is -0.661. The highest BCUT2D eigenvalue weighted by Crippen LogP contribution is 2.19. The van der Waals surface area contributed by atoms with E-state index in [0.29, 0.717) is 5.69 Å². The molecule has 0 aliphatic carbocycles. The van der Waals surface area contributed by atoms with Crippen LogP contribution in [0.1, 0.15) is 12.0 Å². The normalized spacial score (nSPS) is 11.6. The van der Waals surface area contributed by atoms with Gasteiger partial charge in [0.2, 0.25) is 15.9 Å². The lowest BCUT2D eigenvalue weighted by Crippen LogP contribution is -2.31. The van der Waals surface area contributed by atoms with Crippen molar-refractivity contribution in [3.8, 4) is 0 Å². The molecule has 0 spiro atoms. The third kappa shape index (κ3) is 3.93. The molecule has 106 valence electrons. The van der Waals surface area contributed by atoms with Crippen LogP contribution in [0.15, 0.2) is 23.1 Å². The average Bonchev–Trinajstić information content (AvgIpc) is 2.34. The van der Waals surface area contributed by atoms with Crippen LogP contribution >= 0.6 is 0 Å². The van der Waals surface area contributed by atoms with Gasteiger partial charge in [0.1, 0.15) is 0 Å². The van der Waals surface area contributed by atoms with Gasteiger partial charge in [-0.15, -0.1) is 0 Å². The molecular weight excluding hydrogens is 266 g/mol. The van der Waals surface area contributed by atoms with E-state index in [-0.39, 0.29) is 23.8 Å². The smallest absolute Gasteiger partial charge is 0.242 e. The number of rotatable bonds is 5. The second kappa shape index (κ2) is 6.03. The molecule has 1 rings (SSSR count). The Labute approximate surface area is 113 Å². The highest BCUT2D eigenvalue weighted by atomic mass is 32.2. The van der Waals surface area contributed by atoms with E-state index in [1.807, 2.05) is 0 Å². The van der Waals surface area contributed by atoms with E-state index in [2.05, 4.69) is 5.32 Å². The lowest BCUT2D eigenvalue weighted by molar-refractivity contribution is -0.120. The first-order chi connectivity index (χ1) is 8.77. The number of nitrogens with zero attached hydrogens (tertiary/aromatic N) is 1. The van der Waals surface area contributed by atoms with Crippen molar-refractivity contribution in [3.05, 3.63) is 23.8 Å². The van der Waals surface area contributed by atoms with Crippen molar-refractivity contribution in [1.29, 1.82) is 0 Å². The Morgan fingerprint density at radius 2 is 2.00 bits per heavy atom. The van der Waals surface area contributed by atoms with Crippen molar-refractivity contribution in [1.82, 2.24) is 9.62 Å². The van der Waals surface area contributed by atoms with E-state index < -0.39 is 10.0 Å². The molecule has 0 aromatic heterocycles. The topological polar surface area (TPSA) is 92.5 Å². The fourth-order valence-corrected chi connectivity index (χ4v) is 2.92. The van der Waals surface area contributed by atoms with Crippen LogP contribution < -0.4 is 11.1 Å². The molecule has 0 fully saturated rings. The molecule has 0 saturated carbocycles. The van der Waals surface area contributed by atoms with Gasteiger partial charge in [0.05, 0.1) is 4.90 Å². The number of hydrogen-bond acceptors (Lipinski definition) is 4. The van der Waals surface area contributed by atoms with Gasteiger partial charge in [0.25, 0.3) is 0 Å². The van der Waals surface area contributed by atoms with Gasteiger partial charge in [-0.05, 0) is 30.7 Å². The minimum absolute atomic E-state index is 0.119. The zero-order chi connectivity index (χ0) is 14.6. The van der Waals surface area contributed by atoms with E-state index >= 15 is 0 Å². The molecule has 0 unspecified atom stereocenters. The summed E-state index contributed by atoms with van der Waals surface area (Å²) in [4.78, 5) is 11.3. The Bertz CT molecular complexity index is 549. The minimum atomic E-state index is -3.61. The van der Waals surface area contributed by atoms with Crippen molar-refractivity contribution < 1.29 is 13.2 Å². The number of carbonyl (C=O) groups excluding carboxylic acids is 1. The minimum Gasteiger partial charge on any atom is -0.399 e. The summed E-state index contributed by atoms with van der Waals surface area (Å²) in [6.45, 7) is 1.90. The van der Waals surface area contributed by atoms with E-state index in [0.717, 1.165) is 9.87 Å². The molecule has 7 heteroatoms. The first kappa shape index (κ1) is 15.5. The van der Waals surface area contributed by atoms with E-state index in [1.54, 1.807) is 19.1 Å². The van der Waals surface area contributed by atoms with Crippen LogP contribution in [-0.4, -0.2) is 39.3 Å². The molecule has 19 heavy (non-hydrogen) atoms. The number of anilines is 1. The molecule has 0 heterocycles. The van der Waals surface area contributed by atoms with Crippen molar-refractivity contribution in [2.75, 3.05) is 26.4 Å². The van der Waals surface area contributed by atoms with Crippen molar-refractivity contribution >= 4 is 21.6 Å². The maximum absolute atomic E-state index is 12.3. The molecule has 1 aromatic rings. The Kier molecular flexibility index (Phi) is 4.90. The fourth-order valence-electron chi connectivity index (χ4n) is 1.61. The largest absolute Gasteiger partial charge is 0.399 e. The molecule has 6 nitrogen and oxygen atoms in total. The average molecular weight is 285 g/mol. The van der Waals surface area contributed by atoms with Gasteiger partial charge in [0, 0.05) is 32.7 Å². The Balaban J connectivity index is 2.93. The molecule has 0 aliphatic heterocycles. The fraction of sp³-hybridized carbons (Fsp3) is 0.417. The predicted octanol–water partition coefficient (Wildman–Crippen LogP) is 0.334. The quantitative estimate of drug-likeness (QED) is 0.763. The van der Waals surface area contributed by atoms with Crippen LogP contribution in [0.3, 0.4) is 0 Å². The summed E-state index contributed by atoms with van der Waals surface area (Å²) in [6.07, 6.45) is 0.119. The number of hydrogen-bond donors (Lipinski definition) is 2. The summed E-state index contributed by atoms with van der Waals surface area (Å²) in [5.74, 6) is -0.203. The van der Waals surface area contributed by atoms with Crippen LogP contribution in [0.2, 0.25) is 0 Å². The first-order valence-corrected chi connectivity index (χ1v) is 7.25. The summed E-state index contributed by atoms with van der Waals surface area (Å²) in [6, 6.07) is 4.67. The van der Waals surface area contributed by atoms with Crippen LogP contribution in [0, 0.1) is 6.92 Å². The molecule has 3 N–H and O–H groups in total. The summed E-state index contributed by atoms with van der Waals surface area (Å²) in [5, 5.41) is 2.45. The van der Waals surface area contributed by atoms with E-state index in [1.165, 1.54) is 20.2 Å². The first-order valence-electron chi connectivity index (χ1n) is 5.81. The molecule has 1 aromatic carbocycles.